The van der Waals surface area contributed by atoms with Crippen molar-refractivity contribution in [1.29, 1.82) is 0 Å². The second-order valence-electron chi connectivity index (χ2n) is 3.69. The summed E-state index contributed by atoms with van der Waals surface area (Å²) in [5, 5.41) is 3.09. The van der Waals surface area contributed by atoms with E-state index in [-0.39, 0.29) is 5.60 Å². The molecule has 4 heteroatoms. The van der Waals surface area contributed by atoms with Crippen molar-refractivity contribution < 1.29 is 4.74 Å². The number of ether oxygens (including phenoxy) is 1. The SMILES string of the molecule is CCC(CC)(OC)c1ncc(CNC)[nH]1. The lowest BCUT2D eigenvalue weighted by atomic mass is 9.96. The van der Waals surface area contributed by atoms with Gasteiger partial charge in [0.1, 0.15) is 11.4 Å². The van der Waals surface area contributed by atoms with Crippen LogP contribution in [0.15, 0.2) is 6.20 Å². The quantitative estimate of drug-likeness (QED) is 0.754. The molecule has 0 fully saturated rings. The van der Waals surface area contributed by atoms with Gasteiger partial charge in [0.05, 0.1) is 0 Å². The Morgan fingerprint density at radius 3 is 2.60 bits per heavy atom. The molecule has 2 N–H and O–H groups in total. The summed E-state index contributed by atoms with van der Waals surface area (Å²) >= 11 is 0. The molecule has 0 spiro atoms. The van der Waals surface area contributed by atoms with Crippen LogP contribution < -0.4 is 5.32 Å². The smallest absolute Gasteiger partial charge is 0.138 e. The lowest BCUT2D eigenvalue weighted by Crippen LogP contribution is -2.28. The van der Waals surface area contributed by atoms with Crippen molar-refractivity contribution >= 4 is 0 Å². The van der Waals surface area contributed by atoms with E-state index in [1.807, 2.05) is 13.2 Å². The molecule has 0 aliphatic heterocycles. The Labute approximate surface area is 91.4 Å². The summed E-state index contributed by atoms with van der Waals surface area (Å²) in [5.74, 6) is 0.931. The van der Waals surface area contributed by atoms with E-state index in [4.69, 9.17) is 4.74 Å². The minimum atomic E-state index is -0.258. The summed E-state index contributed by atoms with van der Waals surface area (Å²) in [5.41, 5.74) is 0.835. The minimum Gasteiger partial charge on any atom is -0.370 e. The van der Waals surface area contributed by atoms with Crippen molar-refractivity contribution in [2.24, 2.45) is 0 Å². The van der Waals surface area contributed by atoms with Gasteiger partial charge < -0.3 is 15.0 Å². The second kappa shape index (κ2) is 5.28. The summed E-state index contributed by atoms with van der Waals surface area (Å²) < 4.78 is 5.60. The maximum absolute atomic E-state index is 5.60. The van der Waals surface area contributed by atoms with Crippen LogP contribution in [0.2, 0.25) is 0 Å². The third-order valence-electron chi connectivity index (χ3n) is 2.96. The van der Waals surface area contributed by atoms with Crippen LogP contribution in [0.3, 0.4) is 0 Å². The third-order valence-corrected chi connectivity index (χ3v) is 2.96. The topological polar surface area (TPSA) is 49.9 Å². The molecule has 0 saturated carbocycles. The minimum absolute atomic E-state index is 0.258. The average Bonchev–Trinajstić information content (AvgIpc) is 2.71. The molecular weight excluding hydrogens is 190 g/mol. The Morgan fingerprint density at radius 2 is 2.13 bits per heavy atom. The molecule has 0 radical (unpaired) electrons. The number of methoxy groups -OCH3 is 1. The van der Waals surface area contributed by atoms with Crippen molar-refractivity contribution in [2.75, 3.05) is 14.2 Å². The first-order chi connectivity index (χ1) is 7.22. The van der Waals surface area contributed by atoms with Gasteiger partial charge in [0.2, 0.25) is 0 Å². The maximum Gasteiger partial charge on any atom is 0.138 e. The average molecular weight is 211 g/mol. The lowest BCUT2D eigenvalue weighted by molar-refractivity contribution is -0.0285. The van der Waals surface area contributed by atoms with Gasteiger partial charge in [-0.3, -0.25) is 0 Å². The van der Waals surface area contributed by atoms with Crippen molar-refractivity contribution in [3.63, 3.8) is 0 Å². The molecule has 0 aliphatic rings. The number of nitrogens with zero attached hydrogens (tertiary/aromatic N) is 1. The molecule has 86 valence electrons. The summed E-state index contributed by atoms with van der Waals surface area (Å²) in [4.78, 5) is 7.71. The van der Waals surface area contributed by atoms with Gasteiger partial charge in [-0.1, -0.05) is 13.8 Å². The summed E-state index contributed by atoms with van der Waals surface area (Å²) in [6.07, 6.45) is 3.71. The highest BCUT2D eigenvalue weighted by atomic mass is 16.5. The molecular formula is C11H21N3O. The Balaban J connectivity index is 2.91. The lowest BCUT2D eigenvalue weighted by Gasteiger charge is -2.27. The highest BCUT2D eigenvalue weighted by Gasteiger charge is 2.31. The van der Waals surface area contributed by atoms with Crippen LogP contribution in [-0.2, 0) is 16.9 Å². The van der Waals surface area contributed by atoms with E-state index >= 15 is 0 Å². The van der Waals surface area contributed by atoms with Gasteiger partial charge in [-0.2, -0.15) is 0 Å². The molecule has 0 atom stereocenters. The molecule has 15 heavy (non-hydrogen) atoms. The molecule has 0 bridgehead atoms. The predicted octanol–water partition coefficient (Wildman–Crippen LogP) is 1.79. The highest BCUT2D eigenvalue weighted by molar-refractivity contribution is 5.08. The van der Waals surface area contributed by atoms with Gasteiger partial charge in [-0.25, -0.2) is 4.98 Å². The zero-order valence-corrected chi connectivity index (χ0v) is 10.1. The van der Waals surface area contributed by atoms with Crippen LogP contribution in [-0.4, -0.2) is 24.1 Å². The number of H-pyrrole nitrogens is 1. The van der Waals surface area contributed by atoms with E-state index in [9.17, 15) is 0 Å². The maximum atomic E-state index is 5.60. The van der Waals surface area contributed by atoms with Crippen LogP contribution in [0, 0.1) is 0 Å². The molecule has 4 nitrogen and oxygen atoms in total. The van der Waals surface area contributed by atoms with Crippen molar-refractivity contribution in [3.8, 4) is 0 Å². The zero-order valence-electron chi connectivity index (χ0n) is 10.1. The number of nitrogens with one attached hydrogen (secondary N) is 2. The molecule has 0 aromatic carbocycles. The monoisotopic (exact) mass is 211 g/mol. The molecule has 0 saturated heterocycles. The first kappa shape index (κ1) is 12.2. The standard InChI is InChI=1S/C11H21N3O/c1-5-11(6-2,15-4)10-13-8-9(14-10)7-12-3/h8,12H,5-7H2,1-4H3,(H,13,14). The van der Waals surface area contributed by atoms with Crippen LogP contribution in [0.4, 0.5) is 0 Å². The van der Waals surface area contributed by atoms with Gasteiger partial charge in [-0.15, -0.1) is 0 Å². The van der Waals surface area contributed by atoms with Crippen LogP contribution >= 0.6 is 0 Å². The normalized spacial score (nSPS) is 12.0. The Hall–Kier alpha value is -0.870. The predicted molar refractivity (Wildman–Crippen MR) is 60.6 cm³/mol. The fourth-order valence-corrected chi connectivity index (χ4v) is 1.84. The Morgan fingerprint density at radius 1 is 1.47 bits per heavy atom. The fourth-order valence-electron chi connectivity index (χ4n) is 1.84. The van der Waals surface area contributed by atoms with Crippen LogP contribution in [0.1, 0.15) is 38.2 Å². The van der Waals surface area contributed by atoms with E-state index in [1.165, 1.54) is 0 Å². The van der Waals surface area contributed by atoms with E-state index in [0.29, 0.717) is 0 Å². The number of hydrogen-bond acceptors (Lipinski definition) is 3. The van der Waals surface area contributed by atoms with E-state index in [2.05, 4.69) is 29.1 Å². The van der Waals surface area contributed by atoms with Gasteiger partial charge in [0.25, 0.3) is 0 Å². The van der Waals surface area contributed by atoms with Gasteiger partial charge in [-0.05, 0) is 19.9 Å². The molecule has 0 amide bonds. The van der Waals surface area contributed by atoms with Crippen molar-refractivity contribution in [1.82, 2.24) is 15.3 Å². The molecule has 0 aliphatic carbocycles. The van der Waals surface area contributed by atoms with Gasteiger partial charge in [0.15, 0.2) is 0 Å². The molecule has 0 unspecified atom stereocenters. The molecule has 1 heterocycles. The Bertz CT molecular complexity index is 284. The van der Waals surface area contributed by atoms with Crippen molar-refractivity contribution in [3.05, 3.63) is 17.7 Å². The zero-order chi connectivity index (χ0) is 11.3. The largest absolute Gasteiger partial charge is 0.370 e. The fraction of sp³-hybridized carbons (Fsp3) is 0.727. The third kappa shape index (κ3) is 2.38. The number of aromatic nitrogens is 2. The van der Waals surface area contributed by atoms with E-state index in [0.717, 1.165) is 30.9 Å². The summed E-state index contributed by atoms with van der Waals surface area (Å²) in [6.45, 7) is 5.04. The number of aromatic amines is 1. The van der Waals surface area contributed by atoms with E-state index in [1.54, 1.807) is 7.11 Å². The highest BCUT2D eigenvalue weighted by Crippen LogP contribution is 2.29. The molecule has 1 aromatic heterocycles. The van der Waals surface area contributed by atoms with Crippen LogP contribution in [0.25, 0.3) is 0 Å². The first-order valence-corrected chi connectivity index (χ1v) is 5.46. The molecule has 1 aromatic rings. The Kier molecular flexibility index (Phi) is 4.29. The molecule has 1 rings (SSSR count). The number of hydrogen-bond donors (Lipinski definition) is 2. The summed E-state index contributed by atoms with van der Waals surface area (Å²) in [6, 6.07) is 0. The second-order valence-corrected chi connectivity index (χ2v) is 3.69. The van der Waals surface area contributed by atoms with Crippen molar-refractivity contribution in [2.45, 2.75) is 38.8 Å². The first-order valence-electron chi connectivity index (χ1n) is 5.46. The number of imidazole rings is 1. The summed E-state index contributed by atoms with van der Waals surface area (Å²) in [7, 11) is 3.66. The van der Waals surface area contributed by atoms with E-state index < -0.39 is 0 Å². The van der Waals surface area contributed by atoms with Gasteiger partial charge in [0, 0.05) is 25.5 Å². The van der Waals surface area contributed by atoms with Crippen LogP contribution in [0.5, 0.6) is 0 Å². The van der Waals surface area contributed by atoms with Gasteiger partial charge >= 0.3 is 0 Å². The number of rotatable bonds is 6.